The zero-order valence-electron chi connectivity index (χ0n) is 9.35. The van der Waals surface area contributed by atoms with Crippen molar-refractivity contribution in [2.45, 2.75) is 12.7 Å². The van der Waals surface area contributed by atoms with Crippen LogP contribution < -0.4 is 14.2 Å². The first-order valence-electron chi connectivity index (χ1n) is 4.57. The Hall–Kier alpha value is -1.80. The normalized spacial score (nSPS) is 12.2. The van der Waals surface area contributed by atoms with Crippen LogP contribution in [0.2, 0.25) is 0 Å². The molecule has 0 aliphatic heterocycles. The fraction of sp³-hybridized carbons (Fsp3) is 0.300. The van der Waals surface area contributed by atoms with Crippen molar-refractivity contribution in [3.05, 3.63) is 24.6 Å². The molecule has 1 aromatic carbocycles. The fourth-order valence-electron chi connectivity index (χ4n) is 1.15. The van der Waals surface area contributed by atoms with Gasteiger partial charge in [-0.25, -0.2) is 0 Å². The number of halogens is 6. The van der Waals surface area contributed by atoms with Crippen LogP contribution in [0, 0.1) is 6.92 Å². The van der Waals surface area contributed by atoms with Crippen molar-refractivity contribution in [1.82, 2.24) is 0 Å². The highest BCUT2D eigenvalue weighted by Gasteiger charge is 2.35. The van der Waals surface area contributed by atoms with Crippen LogP contribution in [0.1, 0.15) is 5.56 Å². The van der Waals surface area contributed by atoms with Gasteiger partial charge < -0.3 is 14.2 Å². The van der Waals surface area contributed by atoms with Crippen LogP contribution >= 0.6 is 0 Å². The Labute approximate surface area is 103 Å². The molecule has 107 valence electrons. The lowest BCUT2D eigenvalue weighted by molar-refractivity contribution is -0.276. The third kappa shape index (κ3) is 4.76. The molecule has 0 heterocycles. The smallest absolute Gasteiger partial charge is 0.496 e. The van der Waals surface area contributed by atoms with Gasteiger partial charge in [0.1, 0.15) is 17.2 Å². The lowest BCUT2D eigenvalue weighted by atomic mass is 10.2. The number of benzene rings is 1. The van der Waals surface area contributed by atoms with Gasteiger partial charge in [0, 0.05) is 17.7 Å². The molecule has 19 heavy (non-hydrogen) atoms. The maximum absolute atomic E-state index is 12.1. The Bertz CT molecular complexity index is 415. The Kier molecular flexibility index (Phi) is 4.06. The molecule has 0 amide bonds. The molecular weight excluding hydrogens is 282 g/mol. The van der Waals surface area contributed by atoms with E-state index < -0.39 is 29.8 Å². The summed E-state index contributed by atoms with van der Waals surface area (Å²) >= 11 is 0. The van der Waals surface area contributed by atoms with Gasteiger partial charge >= 0.3 is 12.7 Å². The summed E-state index contributed by atoms with van der Waals surface area (Å²) in [6.45, 7) is 3.06. The number of methoxy groups -OCH3 is 1. The van der Waals surface area contributed by atoms with E-state index in [-0.39, 0.29) is 5.75 Å². The first kappa shape index (κ1) is 15.3. The Morgan fingerprint density at radius 1 is 0.895 bits per heavy atom. The van der Waals surface area contributed by atoms with E-state index in [2.05, 4.69) is 21.1 Å². The summed E-state index contributed by atoms with van der Waals surface area (Å²) in [5, 5.41) is 0. The van der Waals surface area contributed by atoms with E-state index in [1.165, 1.54) is 0 Å². The van der Waals surface area contributed by atoms with E-state index in [0.717, 1.165) is 19.2 Å². The van der Waals surface area contributed by atoms with Gasteiger partial charge in [0.15, 0.2) is 0 Å². The van der Waals surface area contributed by atoms with Crippen molar-refractivity contribution in [2.24, 2.45) is 0 Å². The molecular formula is C10H7F6O3. The van der Waals surface area contributed by atoms with Crippen LogP contribution in [0.25, 0.3) is 0 Å². The molecule has 0 aliphatic rings. The van der Waals surface area contributed by atoms with Crippen LogP contribution in [-0.4, -0.2) is 19.8 Å². The Balaban J connectivity index is 3.21. The molecule has 0 N–H and O–H groups in total. The number of hydrogen-bond donors (Lipinski definition) is 0. The van der Waals surface area contributed by atoms with Crippen molar-refractivity contribution in [1.29, 1.82) is 0 Å². The molecule has 3 nitrogen and oxygen atoms in total. The largest absolute Gasteiger partial charge is 0.573 e. The van der Waals surface area contributed by atoms with Crippen LogP contribution in [0.4, 0.5) is 26.3 Å². The second kappa shape index (κ2) is 5.06. The summed E-state index contributed by atoms with van der Waals surface area (Å²) < 4.78 is 84.1. The lowest BCUT2D eigenvalue weighted by Gasteiger charge is -2.17. The second-order valence-electron chi connectivity index (χ2n) is 3.20. The standard InChI is InChI=1S/C10H7F6O3/c1-5-7(18-9(11,12)13)3-6(17-2)4-8(5)19-10(14,15)16/h3-4H,1H2,2H3. The van der Waals surface area contributed by atoms with Gasteiger partial charge in [0.25, 0.3) is 0 Å². The van der Waals surface area contributed by atoms with Gasteiger partial charge in [-0.1, -0.05) is 0 Å². The van der Waals surface area contributed by atoms with Crippen molar-refractivity contribution in [2.75, 3.05) is 7.11 Å². The summed E-state index contributed by atoms with van der Waals surface area (Å²) in [6.07, 6.45) is -10.2. The molecule has 0 unspecified atom stereocenters. The molecule has 0 atom stereocenters. The van der Waals surface area contributed by atoms with E-state index >= 15 is 0 Å². The number of hydrogen-bond acceptors (Lipinski definition) is 3. The third-order valence-electron chi connectivity index (χ3n) is 1.83. The minimum Gasteiger partial charge on any atom is -0.496 e. The zero-order chi connectivity index (χ0) is 14.8. The van der Waals surface area contributed by atoms with Crippen molar-refractivity contribution < 1.29 is 40.6 Å². The monoisotopic (exact) mass is 289 g/mol. The Morgan fingerprint density at radius 3 is 1.53 bits per heavy atom. The molecule has 9 heteroatoms. The predicted octanol–water partition coefficient (Wildman–Crippen LogP) is 3.67. The van der Waals surface area contributed by atoms with Crippen molar-refractivity contribution in [3.63, 3.8) is 0 Å². The first-order valence-corrected chi connectivity index (χ1v) is 4.57. The minimum absolute atomic E-state index is 0.300. The molecule has 1 rings (SSSR count). The molecule has 0 aliphatic carbocycles. The quantitative estimate of drug-likeness (QED) is 0.794. The average molecular weight is 289 g/mol. The predicted molar refractivity (Wildman–Crippen MR) is 50.8 cm³/mol. The van der Waals surface area contributed by atoms with Crippen molar-refractivity contribution in [3.8, 4) is 17.2 Å². The van der Waals surface area contributed by atoms with Crippen LogP contribution in [0.5, 0.6) is 17.2 Å². The van der Waals surface area contributed by atoms with Crippen LogP contribution in [0.3, 0.4) is 0 Å². The fourth-order valence-corrected chi connectivity index (χ4v) is 1.15. The molecule has 0 saturated carbocycles. The molecule has 0 spiro atoms. The van der Waals surface area contributed by atoms with E-state index in [4.69, 9.17) is 0 Å². The third-order valence-corrected chi connectivity index (χ3v) is 1.83. The van der Waals surface area contributed by atoms with Gasteiger partial charge in [-0.3, -0.25) is 0 Å². The molecule has 1 radical (unpaired) electrons. The van der Waals surface area contributed by atoms with E-state index in [1.807, 2.05) is 0 Å². The zero-order valence-corrected chi connectivity index (χ0v) is 9.35. The number of rotatable bonds is 3. The SMILES string of the molecule is [CH2]c1c(OC(F)(F)F)cc(OC)cc1OC(F)(F)F. The second-order valence-corrected chi connectivity index (χ2v) is 3.20. The van der Waals surface area contributed by atoms with Gasteiger partial charge in [-0.15, -0.1) is 26.3 Å². The maximum Gasteiger partial charge on any atom is 0.573 e. The summed E-state index contributed by atoms with van der Waals surface area (Å²) in [5.41, 5.74) is -0.699. The number of alkyl halides is 6. The average Bonchev–Trinajstić information content (AvgIpc) is 2.19. The molecule has 0 fully saturated rings. The summed E-state index contributed by atoms with van der Waals surface area (Å²) in [4.78, 5) is 0. The molecule has 0 aromatic heterocycles. The highest BCUT2D eigenvalue weighted by atomic mass is 19.4. The van der Waals surface area contributed by atoms with Gasteiger partial charge in [0.05, 0.1) is 7.11 Å². The van der Waals surface area contributed by atoms with Gasteiger partial charge in [-0.2, -0.15) is 0 Å². The summed E-state index contributed by atoms with van der Waals surface area (Å²) in [5.74, 6) is -2.18. The van der Waals surface area contributed by atoms with Gasteiger partial charge in [-0.05, 0) is 6.92 Å². The van der Waals surface area contributed by atoms with E-state index in [1.54, 1.807) is 0 Å². The van der Waals surface area contributed by atoms with Crippen LogP contribution in [0.15, 0.2) is 12.1 Å². The highest BCUT2D eigenvalue weighted by Crippen LogP contribution is 2.38. The van der Waals surface area contributed by atoms with E-state index in [0.29, 0.717) is 0 Å². The topological polar surface area (TPSA) is 27.7 Å². The minimum atomic E-state index is -5.08. The Morgan fingerprint density at radius 2 is 1.26 bits per heavy atom. The maximum atomic E-state index is 12.1. The lowest BCUT2D eigenvalue weighted by Crippen LogP contribution is -2.20. The molecule has 1 aromatic rings. The summed E-state index contributed by atoms with van der Waals surface area (Å²) in [7, 11) is 1.06. The van der Waals surface area contributed by atoms with Gasteiger partial charge in [0.2, 0.25) is 0 Å². The van der Waals surface area contributed by atoms with Crippen molar-refractivity contribution >= 4 is 0 Å². The summed E-state index contributed by atoms with van der Waals surface area (Å²) in [6, 6.07) is 1.50. The first-order chi connectivity index (χ1) is 8.52. The van der Waals surface area contributed by atoms with Crippen LogP contribution in [-0.2, 0) is 0 Å². The molecule has 0 bridgehead atoms. The molecule has 0 saturated heterocycles. The highest BCUT2D eigenvalue weighted by molar-refractivity contribution is 5.52. The van der Waals surface area contributed by atoms with E-state index in [9.17, 15) is 26.3 Å². The number of ether oxygens (including phenoxy) is 3.